The molecule has 1 heterocycles. The van der Waals surface area contributed by atoms with Crippen LogP contribution in [0.2, 0.25) is 0 Å². The second kappa shape index (κ2) is 4.91. The molecule has 18 heavy (non-hydrogen) atoms. The Morgan fingerprint density at radius 2 is 2.11 bits per heavy atom. The third-order valence-electron chi connectivity index (χ3n) is 2.73. The zero-order valence-corrected chi connectivity index (χ0v) is 10.1. The summed E-state index contributed by atoms with van der Waals surface area (Å²) in [5.74, 6) is 0.0755. The highest BCUT2D eigenvalue weighted by atomic mass is 16.2. The molecule has 0 aliphatic heterocycles. The molecule has 5 heteroatoms. The van der Waals surface area contributed by atoms with E-state index in [-0.39, 0.29) is 18.0 Å². The molecule has 94 valence electrons. The molecule has 0 unspecified atom stereocenters. The average molecular weight is 245 g/mol. The van der Waals surface area contributed by atoms with E-state index in [1.54, 1.807) is 18.2 Å². The molecule has 1 aromatic carbocycles. The van der Waals surface area contributed by atoms with Gasteiger partial charge in [-0.1, -0.05) is 18.2 Å². The molecule has 2 rings (SSSR count). The summed E-state index contributed by atoms with van der Waals surface area (Å²) in [7, 11) is 0. The van der Waals surface area contributed by atoms with Gasteiger partial charge in [0.15, 0.2) is 0 Å². The number of aromatic nitrogens is 1. The smallest absolute Gasteiger partial charge is 0.260 e. The first-order valence-electron chi connectivity index (χ1n) is 5.78. The van der Waals surface area contributed by atoms with Crippen molar-refractivity contribution in [2.45, 2.75) is 13.5 Å². The molecule has 2 aromatic rings. The summed E-state index contributed by atoms with van der Waals surface area (Å²) in [6.45, 7) is 2.30. The molecule has 0 bridgehead atoms. The van der Waals surface area contributed by atoms with Crippen LogP contribution in [-0.4, -0.2) is 17.0 Å². The number of pyridine rings is 1. The number of hydrogen-bond acceptors (Lipinski definition) is 3. The number of fused-ring (bicyclic) bond motifs is 1. The molecule has 0 saturated heterocycles. The van der Waals surface area contributed by atoms with Gasteiger partial charge in [0.25, 0.3) is 5.56 Å². The molecule has 0 aliphatic carbocycles. The van der Waals surface area contributed by atoms with E-state index in [0.717, 1.165) is 5.39 Å². The fourth-order valence-electron chi connectivity index (χ4n) is 1.88. The monoisotopic (exact) mass is 245 g/mol. The van der Waals surface area contributed by atoms with Gasteiger partial charge in [-0.25, -0.2) is 0 Å². The van der Waals surface area contributed by atoms with Gasteiger partial charge in [-0.15, -0.1) is 0 Å². The fourth-order valence-corrected chi connectivity index (χ4v) is 1.88. The van der Waals surface area contributed by atoms with E-state index in [0.29, 0.717) is 17.7 Å². The SMILES string of the molecule is CCNC(=O)Cn1c(N)cc2ccccc2c1=O. The molecule has 0 aliphatic rings. The maximum Gasteiger partial charge on any atom is 0.260 e. The maximum absolute atomic E-state index is 12.2. The van der Waals surface area contributed by atoms with Crippen molar-refractivity contribution in [2.24, 2.45) is 0 Å². The summed E-state index contributed by atoms with van der Waals surface area (Å²) < 4.78 is 1.29. The van der Waals surface area contributed by atoms with Crippen molar-refractivity contribution in [3.8, 4) is 0 Å². The van der Waals surface area contributed by atoms with Crippen LogP contribution < -0.4 is 16.6 Å². The molecule has 0 spiro atoms. The zero-order chi connectivity index (χ0) is 13.1. The van der Waals surface area contributed by atoms with Crippen molar-refractivity contribution in [2.75, 3.05) is 12.3 Å². The number of nitrogen functional groups attached to an aromatic ring is 1. The molecule has 0 saturated carbocycles. The third kappa shape index (κ3) is 2.20. The van der Waals surface area contributed by atoms with E-state index in [1.807, 2.05) is 19.1 Å². The van der Waals surface area contributed by atoms with Gasteiger partial charge in [0.2, 0.25) is 5.91 Å². The molecule has 0 radical (unpaired) electrons. The largest absolute Gasteiger partial charge is 0.385 e. The number of nitrogens with one attached hydrogen (secondary N) is 1. The van der Waals surface area contributed by atoms with E-state index in [4.69, 9.17) is 5.73 Å². The number of rotatable bonds is 3. The minimum absolute atomic E-state index is 0.0522. The van der Waals surface area contributed by atoms with Crippen LogP contribution in [0.4, 0.5) is 5.82 Å². The Labute approximate surface area is 104 Å². The lowest BCUT2D eigenvalue weighted by Gasteiger charge is -2.10. The Kier molecular flexibility index (Phi) is 3.32. The zero-order valence-electron chi connectivity index (χ0n) is 10.1. The Hall–Kier alpha value is -2.30. The van der Waals surface area contributed by atoms with Crippen molar-refractivity contribution in [1.29, 1.82) is 0 Å². The number of nitrogens with zero attached hydrogens (tertiary/aromatic N) is 1. The normalized spacial score (nSPS) is 10.5. The third-order valence-corrected chi connectivity index (χ3v) is 2.73. The number of carbonyl (C=O) groups is 1. The van der Waals surface area contributed by atoms with Crippen molar-refractivity contribution in [3.05, 3.63) is 40.7 Å². The molecular weight excluding hydrogens is 230 g/mol. The Bertz CT molecular complexity index is 646. The van der Waals surface area contributed by atoms with Crippen molar-refractivity contribution < 1.29 is 4.79 Å². The van der Waals surface area contributed by atoms with E-state index in [9.17, 15) is 9.59 Å². The lowest BCUT2D eigenvalue weighted by molar-refractivity contribution is -0.121. The topological polar surface area (TPSA) is 77.1 Å². The Morgan fingerprint density at radius 1 is 1.39 bits per heavy atom. The summed E-state index contributed by atoms with van der Waals surface area (Å²) in [5, 5.41) is 3.99. The van der Waals surface area contributed by atoms with Crippen LogP contribution in [0.1, 0.15) is 6.92 Å². The van der Waals surface area contributed by atoms with E-state index in [1.165, 1.54) is 4.57 Å². The predicted molar refractivity (Wildman–Crippen MR) is 71.3 cm³/mol. The number of nitrogens with two attached hydrogens (primary N) is 1. The van der Waals surface area contributed by atoms with Crippen LogP contribution in [0.15, 0.2) is 35.1 Å². The number of likely N-dealkylation sites (N-methyl/N-ethyl adjacent to an activating group) is 1. The van der Waals surface area contributed by atoms with Crippen molar-refractivity contribution >= 4 is 22.5 Å². The van der Waals surface area contributed by atoms with Crippen LogP contribution in [0, 0.1) is 0 Å². The average Bonchev–Trinajstić information content (AvgIpc) is 2.35. The molecule has 5 nitrogen and oxygen atoms in total. The highest BCUT2D eigenvalue weighted by Crippen LogP contribution is 2.12. The number of hydrogen-bond donors (Lipinski definition) is 2. The van der Waals surface area contributed by atoms with Crippen LogP contribution in [0.5, 0.6) is 0 Å². The van der Waals surface area contributed by atoms with E-state index < -0.39 is 0 Å². The summed E-state index contributed by atoms with van der Waals surface area (Å²) in [6, 6.07) is 8.89. The minimum atomic E-state index is -0.239. The maximum atomic E-state index is 12.2. The highest BCUT2D eigenvalue weighted by molar-refractivity contribution is 5.84. The van der Waals surface area contributed by atoms with Gasteiger partial charge in [0, 0.05) is 11.9 Å². The minimum Gasteiger partial charge on any atom is -0.385 e. The van der Waals surface area contributed by atoms with Crippen LogP contribution >= 0.6 is 0 Å². The first-order chi connectivity index (χ1) is 8.63. The second-order valence-electron chi connectivity index (χ2n) is 4.00. The molecule has 1 amide bonds. The van der Waals surface area contributed by atoms with Crippen LogP contribution in [0.3, 0.4) is 0 Å². The molecule has 3 N–H and O–H groups in total. The van der Waals surface area contributed by atoms with Crippen molar-refractivity contribution in [1.82, 2.24) is 9.88 Å². The molecule has 0 atom stereocenters. The van der Waals surface area contributed by atoms with E-state index >= 15 is 0 Å². The number of benzene rings is 1. The van der Waals surface area contributed by atoms with Gasteiger partial charge in [-0.2, -0.15) is 0 Å². The van der Waals surface area contributed by atoms with Crippen LogP contribution in [0.25, 0.3) is 10.8 Å². The number of amides is 1. The van der Waals surface area contributed by atoms with Gasteiger partial charge in [-0.3, -0.25) is 14.2 Å². The van der Waals surface area contributed by atoms with Gasteiger partial charge in [0.05, 0.1) is 0 Å². The summed E-state index contributed by atoms with van der Waals surface area (Å²) in [5.41, 5.74) is 5.58. The Balaban J connectivity index is 2.51. The number of carbonyl (C=O) groups excluding carboxylic acids is 1. The van der Waals surface area contributed by atoms with Gasteiger partial charge in [0.1, 0.15) is 12.4 Å². The fraction of sp³-hybridized carbons (Fsp3) is 0.231. The van der Waals surface area contributed by atoms with Gasteiger partial charge >= 0.3 is 0 Å². The first-order valence-corrected chi connectivity index (χ1v) is 5.78. The van der Waals surface area contributed by atoms with Crippen LogP contribution in [-0.2, 0) is 11.3 Å². The second-order valence-corrected chi connectivity index (χ2v) is 4.00. The van der Waals surface area contributed by atoms with Gasteiger partial charge < -0.3 is 11.1 Å². The summed E-state index contributed by atoms with van der Waals surface area (Å²) in [6.07, 6.45) is 0. The van der Waals surface area contributed by atoms with Crippen molar-refractivity contribution in [3.63, 3.8) is 0 Å². The summed E-state index contributed by atoms with van der Waals surface area (Å²) >= 11 is 0. The van der Waals surface area contributed by atoms with Gasteiger partial charge in [-0.05, 0) is 24.4 Å². The Morgan fingerprint density at radius 3 is 2.83 bits per heavy atom. The summed E-state index contributed by atoms with van der Waals surface area (Å²) in [4.78, 5) is 23.7. The van der Waals surface area contributed by atoms with E-state index in [2.05, 4.69) is 5.32 Å². The first kappa shape index (κ1) is 12.2. The quantitative estimate of drug-likeness (QED) is 0.836. The molecule has 1 aromatic heterocycles. The highest BCUT2D eigenvalue weighted by Gasteiger charge is 2.09. The molecule has 0 fully saturated rings. The predicted octanol–water partition coefficient (Wildman–Crippen LogP) is 0.720. The standard InChI is InChI=1S/C13H15N3O2/c1-2-15-12(17)8-16-11(14)7-9-5-3-4-6-10(9)13(16)18/h3-7H,2,8,14H2,1H3,(H,15,17). The molecular formula is C13H15N3O2. The lowest BCUT2D eigenvalue weighted by Crippen LogP contribution is -2.33. The number of anilines is 1. The lowest BCUT2D eigenvalue weighted by atomic mass is 10.1.